The van der Waals surface area contributed by atoms with E-state index in [1.807, 2.05) is 48.0 Å². The van der Waals surface area contributed by atoms with Gasteiger partial charge in [-0.2, -0.15) is 0 Å². The normalized spacial score (nSPS) is 19.8. The van der Waals surface area contributed by atoms with Crippen molar-refractivity contribution in [3.05, 3.63) is 54.1 Å². The highest BCUT2D eigenvalue weighted by Crippen LogP contribution is 2.32. The smallest absolute Gasteiger partial charge is 0.410 e. The number of carbonyl (C=O) groups excluding carboxylic acids is 1. The minimum atomic E-state index is -0.922. The molecule has 0 spiro atoms. The number of aryl methyl sites for hydroxylation is 1. The Hall–Kier alpha value is -2.83. The highest BCUT2D eigenvalue weighted by molar-refractivity contribution is 5.75. The molecule has 1 aromatic heterocycles. The number of aliphatic carboxylic acids is 1. The van der Waals surface area contributed by atoms with E-state index >= 15 is 0 Å². The van der Waals surface area contributed by atoms with Gasteiger partial charge in [-0.15, -0.1) is 0 Å². The number of carbonyl (C=O) groups is 2. The van der Waals surface area contributed by atoms with Gasteiger partial charge >= 0.3 is 12.1 Å². The lowest BCUT2D eigenvalue weighted by Gasteiger charge is -2.16. The third kappa shape index (κ3) is 3.65. The van der Waals surface area contributed by atoms with Crippen molar-refractivity contribution < 1.29 is 19.4 Å². The van der Waals surface area contributed by atoms with Gasteiger partial charge in [0.15, 0.2) is 0 Å². The van der Waals surface area contributed by atoms with E-state index in [1.54, 1.807) is 6.20 Å². The fourth-order valence-corrected chi connectivity index (χ4v) is 3.19. The molecule has 1 saturated heterocycles. The first-order chi connectivity index (χ1) is 12.1. The Morgan fingerprint density at radius 2 is 2.04 bits per heavy atom. The molecule has 25 heavy (non-hydrogen) atoms. The van der Waals surface area contributed by atoms with Gasteiger partial charge in [0.1, 0.15) is 12.4 Å². The molecule has 2 heterocycles. The lowest BCUT2D eigenvalue weighted by molar-refractivity contribution is -0.141. The summed E-state index contributed by atoms with van der Waals surface area (Å²) in [5.41, 5.74) is 0.892. The van der Waals surface area contributed by atoms with Crippen molar-refractivity contribution in [3.8, 4) is 0 Å². The molecule has 1 aliphatic rings. The molecule has 7 heteroatoms. The van der Waals surface area contributed by atoms with Crippen LogP contribution in [0.25, 0.3) is 0 Å². The van der Waals surface area contributed by atoms with Gasteiger partial charge in [0.25, 0.3) is 0 Å². The van der Waals surface area contributed by atoms with Crippen LogP contribution in [0.15, 0.2) is 42.7 Å². The first kappa shape index (κ1) is 17.0. The number of amides is 1. The summed E-state index contributed by atoms with van der Waals surface area (Å²) in [5, 5.41) is 9.54. The minimum absolute atomic E-state index is 0.129. The summed E-state index contributed by atoms with van der Waals surface area (Å²) in [6.45, 7) is 3.27. The van der Waals surface area contributed by atoms with Gasteiger partial charge in [-0.3, -0.25) is 4.79 Å². The highest BCUT2D eigenvalue weighted by atomic mass is 16.6. The van der Waals surface area contributed by atoms with E-state index in [-0.39, 0.29) is 19.1 Å². The number of carboxylic acids is 1. The number of likely N-dealkylation sites (tertiary alicyclic amines) is 1. The van der Waals surface area contributed by atoms with E-state index in [0.29, 0.717) is 18.9 Å². The summed E-state index contributed by atoms with van der Waals surface area (Å²) in [5.74, 6) is -1.24. The Morgan fingerprint density at radius 1 is 1.28 bits per heavy atom. The van der Waals surface area contributed by atoms with Crippen molar-refractivity contribution in [2.75, 3.05) is 13.1 Å². The first-order valence-corrected chi connectivity index (χ1v) is 8.29. The molecule has 1 amide bonds. The van der Waals surface area contributed by atoms with Crippen LogP contribution in [0.1, 0.15) is 24.2 Å². The number of benzene rings is 1. The first-order valence-electron chi connectivity index (χ1n) is 8.29. The summed E-state index contributed by atoms with van der Waals surface area (Å²) in [7, 11) is 0. The second-order valence-corrected chi connectivity index (χ2v) is 6.07. The molecule has 3 rings (SSSR count). The lowest BCUT2D eigenvalue weighted by Crippen LogP contribution is -2.30. The van der Waals surface area contributed by atoms with Crippen LogP contribution >= 0.6 is 0 Å². The minimum Gasteiger partial charge on any atom is -0.481 e. The van der Waals surface area contributed by atoms with Crippen LogP contribution in [0.2, 0.25) is 0 Å². The van der Waals surface area contributed by atoms with Crippen LogP contribution in [-0.4, -0.2) is 44.7 Å². The third-order valence-electron chi connectivity index (χ3n) is 4.52. The number of ether oxygens (including phenoxy) is 1. The van der Waals surface area contributed by atoms with Crippen molar-refractivity contribution in [1.82, 2.24) is 14.5 Å². The molecule has 0 aliphatic carbocycles. The molecular formula is C18H21N3O4. The van der Waals surface area contributed by atoms with E-state index in [1.165, 1.54) is 4.90 Å². The van der Waals surface area contributed by atoms with Gasteiger partial charge in [-0.1, -0.05) is 30.3 Å². The number of hydrogen-bond acceptors (Lipinski definition) is 4. The van der Waals surface area contributed by atoms with Gasteiger partial charge in [0, 0.05) is 32.0 Å². The van der Waals surface area contributed by atoms with E-state index in [9.17, 15) is 14.7 Å². The number of hydrogen-bond donors (Lipinski definition) is 1. The molecular weight excluding hydrogens is 322 g/mol. The maximum absolute atomic E-state index is 12.3. The Morgan fingerprint density at radius 3 is 2.72 bits per heavy atom. The second kappa shape index (κ2) is 7.38. The molecule has 0 bridgehead atoms. The van der Waals surface area contributed by atoms with Gasteiger partial charge in [-0.05, 0) is 12.5 Å². The molecule has 1 aromatic carbocycles. The highest BCUT2D eigenvalue weighted by Gasteiger charge is 2.43. The summed E-state index contributed by atoms with van der Waals surface area (Å²) < 4.78 is 7.25. The SMILES string of the molecule is CCn1ccnc1C1CN(C(=O)OCc2ccccc2)CC1C(=O)O. The average Bonchev–Trinajstić information content (AvgIpc) is 3.26. The van der Waals surface area contributed by atoms with Crippen LogP contribution < -0.4 is 0 Å². The predicted molar refractivity (Wildman–Crippen MR) is 90.0 cm³/mol. The Labute approximate surface area is 145 Å². The van der Waals surface area contributed by atoms with Gasteiger partial charge in [0.05, 0.1) is 11.8 Å². The summed E-state index contributed by atoms with van der Waals surface area (Å²) in [4.78, 5) is 29.7. The lowest BCUT2D eigenvalue weighted by atomic mass is 9.95. The maximum atomic E-state index is 12.3. The number of imidazole rings is 1. The van der Waals surface area contributed by atoms with Crippen LogP contribution in [0, 0.1) is 5.92 Å². The maximum Gasteiger partial charge on any atom is 0.410 e. The molecule has 2 unspecified atom stereocenters. The third-order valence-corrected chi connectivity index (χ3v) is 4.52. The molecule has 7 nitrogen and oxygen atoms in total. The quantitative estimate of drug-likeness (QED) is 0.901. The van der Waals surface area contributed by atoms with Crippen LogP contribution in [0.3, 0.4) is 0 Å². The Balaban J connectivity index is 1.69. The van der Waals surface area contributed by atoms with Gasteiger partial charge < -0.3 is 19.3 Å². The zero-order valence-corrected chi connectivity index (χ0v) is 14.0. The molecule has 1 N–H and O–H groups in total. The predicted octanol–water partition coefficient (Wildman–Crippen LogP) is 2.34. The topological polar surface area (TPSA) is 84.7 Å². The Bertz CT molecular complexity index is 744. The van der Waals surface area contributed by atoms with Crippen molar-refractivity contribution in [2.24, 2.45) is 5.92 Å². The molecule has 2 atom stereocenters. The fraction of sp³-hybridized carbons (Fsp3) is 0.389. The van der Waals surface area contributed by atoms with Crippen LogP contribution in [0.4, 0.5) is 4.79 Å². The zero-order valence-electron chi connectivity index (χ0n) is 14.0. The standard InChI is InChI=1S/C18H21N3O4/c1-2-20-9-8-19-16(20)14-10-21(11-15(14)17(22)23)18(24)25-12-13-6-4-3-5-7-13/h3-9,14-15H,2,10-12H2,1H3,(H,22,23). The summed E-state index contributed by atoms with van der Waals surface area (Å²) in [6.07, 6.45) is 2.99. The summed E-state index contributed by atoms with van der Waals surface area (Å²) >= 11 is 0. The fourth-order valence-electron chi connectivity index (χ4n) is 3.19. The van der Waals surface area contributed by atoms with Crippen molar-refractivity contribution in [1.29, 1.82) is 0 Å². The number of carboxylic acid groups (broad SMARTS) is 1. The van der Waals surface area contributed by atoms with E-state index in [2.05, 4.69) is 4.98 Å². The van der Waals surface area contributed by atoms with Crippen LogP contribution in [-0.2, 0) is 22.7 Å². The van der Waals surface area contributed by atoms with Crippen molar-refractivity contribution >= 4 is 12.1 Å². The van der Waals surface area contributed by atoms with Gasteiger partial charge in [-0.25, -0.2) is 9.78 Å². The zero-order chi connectivity index (χ0) is 17.8. The van der Waals surface area contributed by atoms with Gasteiger partial charge in [0.2, 0.25) is 0 Å². The monoisotopic (exact) mass is 343 g/mol. The van der Waals surface area contributed by atoms with Crippen LogP contribution in [0.5, 0.6) is 0 Å². The molecule has 1 aliphatic heterocycles. The number of nitrogens with zero attached hydrogens (tertiary/aromatic N) is 3. The van der Waals surface area contributed by atoms with E-state index < -0.39 is 18.0 Å². The van der Waals surface area contributed by atoms with E-state index in [4.69, 9.17) is 4.74 Å². The Kier molecular flexibility index (Phi) is 5.02. The largest absolute Gasteiger partial charge is 0.481 e. The number of aromatic nitrogens is 2. The van der Waals surface area contributed by atoms with Crippen molar-refractivity contribution in [2.45, 2.75) is 26.0 Å². The molecule has 132 valence electrons. The number of rotatable bonds is 5. The molecule has 0 radical (unpaired) electrons. The van der Waals surface area contributed by atoms with Crippen molar-refractivity contribution in [3.63, 3.8) is 0 Å². The second-order valence-electron chi connectivity index (χ2n) is 6.07. The molecule has 1 fully saturated rings. The average molecular weight is 343 g/mol. The summed E-state index contributed by atoms with van der Waals surface area (Å²) in [6, 6.07) is 9.39. The van der Waals surface area contributed by atoms with E-state index in [0.717, 1.165) is 5.56 Å². The molecule has 2 aromatic rings. The molecule has 0 saturated carbocycles.